The van der Waals surface area contributed by atoms with Gasteiger partial charge in [0.15, 0.2) is 11.5 Å². The van der Waals surface area contributed by atoms with Gasteiger partial charge in [-0.05, 0) is 24.5 Å². The molecule has 1 heterocycles. The number of methoxy groups -OCH3 is 3. The standard InChI is InChI=1S/C13H17NO4/c1-16-9-7-8-5-4-6-14-13(15)10(8)12(18-3)11(9)17-2/h7H,4-6H2,1-3H3,(H,14,15). The Morgan fingerprint density at radius 2 is 1.83 bits per heavy atom. The fraction of sp³-hybridized carbons (Fsp3) is 0.462. The van der Waals surface area contributed by atoms with Gasteiger partial charge in [0.2, 0.25) is 5.75 Å². The van der Waals surface area contributed by atoms with Crippen molar-refractivity contribution in [1.29, 1.82) is 0 Å². The quantitative estimate of drug-likeness (QED) is 0.882. The van der Waals surface area contributed by atoms with Crippen LogP contribution in [-0.4, -0.2) is 33.8 Å². The molecule has 0 radical (unpaired) electrons. The van der Waals surface area contributed by atoms with Crippen molar-refractivity contribution in [3.8, 4) is 17.2 Å². The largest absolute Gasteiger partial charge is 0.493 e. The van der Waals surface area contributed by atoms with Crippen molar-refractivity contribution in [1.82, 2.24) is 5.32 Å². The van der Waals surface area contributed by atoms with Crippen LogP contribution in [0.15, 0.2) is 6.07 Å². The van der Waals surface area contributed by atoms with Crippen LogP contribution in [-0.2, 0) is 6.42 Å². The van der Waals surface area contributed by atoms with Gasteiger partial charge in [-0.1, -0.05) is 0 Å². The lowest BCUT2D eigenvalue weighted by atomic mass is 10.0. The molecular formula is C13H17NO4. The number of fused-ring (bicyclic) bond motifs is 1. The zero-order chi connectivity index (χ0) is 13.1. The minimum atomic E-state index is -0.125. The van der Waals surface area contributed by atoms with Crippen molar-refractivity contribution in [2.75, 3.05) is 27.9 Å². The fourth-order valence-corrected chi connectivity index (χ4v) is 2.22. The summed E-state index contributed by atoms with van der Waals surface area (Å²) in [7, 11) is 4.62. The smallest absolute Gasteiger partial charge is 0.255 e. The van der Waals surface area contributed by atoms with Gasteiger partial charge in [0.25, 0.3) is 5.91 Å². The third kappa shape index (κ3) is 1.96. The Morgan fingerprint density at radius 1 is 1.11 bits per heavy atom. The number of aryl methyl sites for hydroxylation is 1. The fourth-order valence-electron chi connectivity index (χ4n) is 2.22. The van der Waals surface area contributed by atoms with Gasteiger partial charge in [-0.25, -0.2) is 0 Å². The highest BCUT2D eigenvalue weighted by molar-refractivity contribution is 6.00. The highest BCUT2D eigenvalue weighted by Crippen LogP contribution is 2.42. The first-order chi connectivity index (χ1) is 8.72. The second-order valence-corrected chi connectivity index (χ2v) is 4.04. The summed E-state index contributed by atoms with van der Waals surface area (Å²) in [6.45, 7) is 0.668. The number of carbonyl (C=O) groups is 1. The van der Waals surface area contributed by atoms with Crippen molar-refractivity contribution in [3.05, 3.63) is 17.2 Å². The minimum absolute atomic E-state index is 0.125. The summed E-state index contributed by atoms with van der Waals surface area (Å²) in [6, 6.07) is 1.85. The molecule has 1 amide bonds. The number of benzene rings is 1. The van der Waals surface area contributed by atoms with E-state index in [2.05, 4.69) is 5.32 Å². The number of carbonyl (C=O) groups excluding carboxylic acids is 1. The highest BCUT2D eigenvalue weighted by atomic mass is 16.5. The molecule has 1 aromatic carbocycles. The molecule has 0 spiro atoms. The first-order valence-electron chi connectivity index (χ1n) is 5.83. The second kappa shape index (κ2) is 5.16. The second-order valence-electron chi connectivity index (χ2n) is 4.04. The lowest BCUT2D eigenvalue weighted by molar-refractivity contribution is 0.0952. The van der Waals surface area contributed by atoms with E-state index in [4.69, 9.17) is 14.2 Å². The molecule has 0 saturated heterocycles. The van der Waals surface area contributed by atoms with E-state index in [0.29, 0.717) is 29.4 Å². The van der Waals surface area contributed by atoms with Gasteiger partial charge >= 0.3 is 0 Å². The molecule has 2 rings (SSSR count). The van der Waals surface area contributed by atoms with Crippen molar-refractivity contribution in [2.45, 2.75) is 12.8 Å². The van der Waals surface area contributed by atoms with Gasteiger partial charge in [-0.15, -0.1) is 0 Å². The van der Waals surface area contributed by atoms with Gasteiger partial charge < -0.3 is 19.5 Å². The molecule has 0 bridgehead atoms. The van der Waals surface area contributed by atoms with Crippen LogP contribution in [0.2, 0.25) is 0 Å². The summed E-state index contributed by atoms with van der Waals surface area (Å²) < 4.78 is 15.9. The number of nitrogens with one attached hydrogen (secondary N) is 1. The van der Waals surface area contributed by atoms with Crippen molar-refractivity contribution < 1.29 is 19.0 Å². The van der Waals surface area contributed by atoms with Gasteiger partial charge in [0.05, 0.1) is 26.9 Å². The summed E-state index contributed by atoms with van der Waals surface area (Å²) in [5.74, 6) is 1.35. The molecule has 1 aliphatic rings. The average molecular weight is 251 g/mol. The molecule has 0 fully saturated rings. The van der Waals surface area contributed by atoms with Crippen LogP contribution >= 0.6 is 0 Å². The topological polar surface area (TPSA) is 56.8 Å². The van der Waals surface area contributed by atoms with Gasteiger partial charge in [0, 0.05) is 6.54 Å². The molecule has 0 atom stereocenters. The van der Waals surface area contributed by atoms with E-state index in [1.165, 1.54) is 14.2 Å². The molecule has 0 unspecified atom stereocenters. The Morgan fingerprint density at radius 3 is 2.44 bits per heavy atom. The van der Waals surface area contributed by atoms with Crippen molar-refractivity contribution >= 4 is 5.91 Å². The van der Waals surface area contributed by atoms with E-state index < -0.39 is 0 Å². The van der Waals surface area contributed by atoms with E-state index in [0.717, 1.165) is 18.4 Å². The maximum atomic E-state index is 12.1. The molecule has 1 N–H and O–H groups in total. The molecule has 98 valence electrons. The number of amides is 1. The molecule has 0 saturated carbocycles. The highest BCUT2D eigenvalue weighted by Gasteiger charge is 2.26. The summed E-state index contributed by atoms with van der Waals surface area (Å²) in [6.07, 6.45) is 1.71. The van der Waals surface area contributed by atoms with Crippen LogP contribution in [0.25, 0.3) is 0 Å². The predicted octanol–water partition coefficient (Wildman–Crippen LogP) is 1.39. The average Bonchev–Trinajstić information content (AvgIpc) is 2.58. The lowest BCUT2D eigenvalue weighted by Crippen LogP contribution is -2.23. The minimum Gasteiger partial charge on any atom is -0.493 e. The van der Waals surface area contributed by atoms with E-state index in [9.17, 15) is 4.79 Å². The molecule has 0 aromatic heterocycles. The number of rotatable bonds is 3. The van der Waals surface area contributed by atoms with Gasteiger partial charge in [-0.3, -0.25) is 4.79 Å². The number of hydrogen-bond donors (Lipinski definition) is 1. The Hall–Kier alpha value is -1.91. The van der Waals surface area contributed by atoms with Gasteiger partial charge in [0.1, 0.15) is 0 Å². The van der Waals surface area contributed by atoms with Crippen molar-refractivity contribution in [2.24, 2.45) is 0 Å². The summed E-state index contributed by atoms with van der Waals surface area (Å²) in [5.41, 5.74) is 1.48. The van der Waals surface area contributed by atoms with Crippen molar-refractivity contribution in [3.63, 3.8) is 0 Å². The monoisotopic (exact) mass is 251 g/mol. The third-order valence-electron chi connectivity index (χ3n) is 3.05. The molecular weight excluding hydrogens is 234 g/mol. The molecule has 5 nitrogen and oxygen atoms in total. The third-order valence-corrected chi connectivity index (χ3v) is 3.05. The Labute approximate surface area is 106 Å². The van der Waals surface area contributed by atoms with Crippen LogP contribution in [0.5, 0.6) is 17.2 Å². The summed E-state index contributed by atoms with van der Waals surface area (Å²) in [4.78, 5) is 12.1. The molecule has 1 aliphatic heterocycles. The maximum Gasteiger partial charge on any atom is 0.255 e. The molecule has 18 heavy (non-hydrogen) atoms. The molecule has 0 aliphatic carbocycles. The van der Waals surface area contributed by atoms with Crippen LogP contribution in [0.4, 0.5) is 0 Å². The number of ether oxygens (including phenoxy) is 3. The van der Waals surface area contributed by atoms with Crippen LogP contribution in [0, 0.1) is 0 Å². The Bertz CT molecular complexity index is 471. The first kappa shape index (κ1) is 12.5. The Kier molecular flexibility index (Phi) is 3.60. The zero-order valence-electron chi connectivity index (χ0n) is 10.8. The van der Waals surface area contributed by atoms with E-state index in [1.54, 1.807) is 7.11 Å². The molecule has 1 aromatic rings. The van der Waals surface area contributed by atoms with E-state index >= 15 is 0 Å². The van der Waals surface area contributed by atoms with Crippen LogP contribution < -0.4 is 19.5 Å². The summed E-state index contributed by atoms with van der Waals surface area (Å²) in [5, 5.41) is 2.85. The zero-order valence-corrected chi connectivity index (χ0v) is 10.8. The van der Waals surface area contributed by atoms with E-state index in [-0.39, 0.29) is 5.91 Å². The number of hydrogen-bond acceptors (Lipinski definition) is 4. The Balaban J connectivity index is 2.68. The molecule has 5 heteroatoms. The lowest BCUT2D eigenvalue weighted by Gasteiger charge is -2.17. The summed E-state index contributed by atoms with van der Waals surface area (Å²) >= 11 is 0. The predicted molar refractivity (Wildman–Crippen MR) is 66.8 cm³/mol. The van der Waals surface area contributed by atoms with Crippen LogP contribution in [0.1, 0.15) is 22.3 Å². The van der Waals surface area contributed by atoms with Crippen LogP contribution in [0.3, 0.4) is 0 Å². The van der Waals surface area contributed by atoms with Gasteiger partial charge in [-0.2, -0.15) is 0 Å². The normalized spacial score (nSPS) is 14.3. The first-order valence-corrected chi connectivity index (χ1v) is 5.83. The van der Waals surface area contributed by atoms with E-state index in [1.807, 2.05) is 6.07 Å². The maximum absolute atomic E-state index is 12.1. The SMILES string of the molecule is COc1cc2c(c(OC)c1OC)C(=O)NCCC2.